The highest BCUT2D eigenvalue weighted by atomic mass is 32.1. The van der Waals surface area contributed by atoms with E-state index in [9.17, 15) is 4.79 Å². The lowest BCUT2D eigenvalue weighted by Crippen LogP contribution is -2.30. The summed E-state index contributed by atoms with van der Waals surface area (Å²) in [6.45, 7) is 0.490. The zero-order chi connectivity index (χ0) is 19.4. The first-order valence-electron chi connectivity index (χ1n) is 8.18. The van der Waals surface area contributed by atoms with Gasteiger partial charge in [0.1, 0.15) is 6.54 Å². The van der Waals surface area contributed by atoms with Crippen molar-refractivity contribution in [3.05, 3.63) is 46.0 Å². The van der Waals surface area contributed by atoms with Crippen molar-refractivity contribution >= 4 is 29.5 Å². The van der Waals surface area contributed by atoms with E-state index in [-0.39, 0.29) is 12.5 Å². The Kier molecular flexibility index (Phi) is 5.92. The molecule has 2 aromatic heterocycles. The number of carbonyl (C=O) groups is 1. The third-order valence-electron chi connectivity index (χ3n) is 4.11. The fourth-order valence-electron chi connectivity index (χ4n) is 2.74. The molecular weight excluding hydrogens is 384 g/mol. The van der Waals surface area contributed by atoms with Gasteiger partial charge in [-0.1, -0.05) is 18.2 Å². The normalized spacial score (nSPS) is 10.6. The van der Waals surface area contributed by atoms with Crippen molar-refractivity contribution in [1.29, 1.82) is 0 Å². The van der Waals surface area contributed by atoms with Crippen LogP contribution in [0, 0.1) is 4.77 Å². The Morgan fingerprint density at radius 3 is 2.78 bits per heavy atom. The van der Waals surface area contributed by atoms with Crippen LogP contribution in [0.1, 0.15) is 5.56 Å². The van der Waals surface area contributed by atoms with Crippen LogP contribution in [0.4, 0.5) is 0 Å². The number of nitrogens with zero attached hydrogens (tertiary/aromatic N) is 3. The molecule has 9 heteroatoms. The Labute approximate surface area is 166 Å². The molecule has 7 nitrogen and oxygen atoms in total. The minimum atomic E-state index is -0.0878. The summed E-state index contributed by atoms with van der Waals surface area (Å²) in [4.78, 5) is 15.4. The Balaban J connectivity index is 1.78. The molecule has 27 heavy (non-hydrogen) atoms. The van der Waals surface area contributed by atoms with Gasteiger partial charge in [0.25, 0.3) is 0 Å². The van der Waals surface area contributed by atoms with Crippen LogP contribution < -0.4 is 9.47 Å². The SMILES string of the molecule is COc1cccc(CN(C)C(=O)Cn2c(-c3cccs3)n[nH]c2=S)c1OC. The predicted molar refractivity (Wildman–Crippen MR) is 107 cm³/mol. The van der Waals surface area contributed by atoms with E-state index >= 15 is 0 Å². The molecule has 0 radical (unpaired) electrons. The van der Waals surface area contributed by atoms with Crippen molar-refractivity contribution in [2.24, 2.45) is 0 Å². The number of carbonyl (C=O) groups excluding carboxylic acids is 1. The van der Waals surface area contributed by atoms with Gasteiger partial charge in [-0.3, -0.25) is 14.5 Å². The fourth-order valence-corrected chi connectivity index (χ4v) is 3.65. The number of methoxy groups -OCH3 is 2. The van der Waals surface area contributed by atoms with Crippen molar-refractivity contribution in [3.63, 3.8) is 0 Å². The second kappa shape index (κ2) is 8.36. The number of para-hydroxylation sites is 1. The number of thiophene rings is 1. The van der Waals surface area contributed by atoms with Crippen LogP contribution in [0.15, 0.2) is 35.7 Å². The molecule has 3 aromatic rings. The number of rotatable bonds is 7. The number of hydrogen-bond donors (Lipinski definition) is 1. The summed E-state index contributed by atoms with van der Waals surface area (Å²) in [6, 6.07) is 9.48. The topological polar surface area (TPSA) is 72.4 Å². The largest absolute Gasteiger partial charge is 0.493 e. The number of likely N-dealkylation sites (N-methyl/N-ethyl adjacent to an activating group) is 1. The molecule has 1 aromatic carbocycles. The molecule has 142 valence electrons. The van der Waals surface area contributed by atoms with Gasteiger partial charge in [-0.25, -0.2) is 0 Å². The monoisotopic (exact) mass is 404 g/mol. The first-order valence-corrected chi connectivity index (χ1v) is 9.46. The van der Waals surface area contributed by atoms with Crippen LogP contribution in [0.5, 0.6) is 11.5 Å². The average molecular weight is 405 g/mol. The Morgan fingerprint density at radius 1 is 1.30 bits per heavy atom. The molecule has 0 aliphatic rings. The summed E-state index contributed by atoms with van der Waals surface area (Å²) < 4.78 is 12.9. The Morgan fingerprint density at radius 2 is 2.11 bits per heavy atom. The van der Waals surface area contributed by atoms with Gasteiger partial charge in [0.05, 0.1) is 19.1 Å². The van der Waals surface area contributed by atoms with E-state index in [1.807, 2.05) is 35.7 Å². The molecule has 0 aliphatic carbocycles. The second-order valence-electron chi connectivity index (χ2n) is 5.82. The van der Waals surface area contributed by atoms with Crippen molar-refractivity contribution in [2.45, 2.75) is 13.1 Å². The molecule has 0 bridgehead atoms. The van der Waals surface area contributed by atoms with Gasteiger partial charge in [-0.15, -0.1) is 11.3 Å². The molecule has 1 N–H and O–H groups in total. The lowest BCUT2D eigenvalue weighted by Gasteiger charge is -2.20. The van der Waals surface area contributed by atoms with Crippen LogP contribution >= 0.6 is 23.6 Å². The third kappa shape index (κ3) is 4.04. The number of hydrogen-bond acceptors (Lipinski definition) is 6. The standard InChI is InChI=1S/C18H20N4O3S2/c1-21(10-12-6-4-7-13(24-2)16(12)25-3)15(23)11-22-17(19-20-18(22)26)14-8-5-9-27-14/h4-9H,10-11H2,1-3H3,(H,20,26). The van der Waals surface area contributed by atoms with Crippen molar-refractivity contribution in [2.75, 3.05) is 21.3 Å². The first-order chi connectivity index (χ1) is 13.0. The van der Waals surface area contributed by atoms with Gasteiger partial charge in [0.2, 0.25) is 5.91 Å². The lowest BCUT2D eigenvalue weighted by atomic mass is 10.1. The predicted octanol–water partition coefficient (Wildman–Crippen LogP) is 3.34. The second-order valence-corrected chi connectivity index (χ2v) is 7.15. The molecule has 0 spiro atoms. The smallest absolute Gasteiger partial charge is 0.242 e. The fraction of sp³-hybridized carbons (Fsp3) is 0.278. The summed E-state index contributed by atoms with van der Waals surface area (Å²) in [6.07, 6.45) is 0. The number of amides is 1. The highest BCUT2D eigenvalue weighted by Crippen LogP contribution is 2.31. The van der Waals surface area contributed by atoms with E-state index in [0.29, 0.717) is 28.6 Å². The molecule has 1 amide bonds. The number of H-pyrrole nitrogens is 1. The Bertz CT molecular complexity index is 979. The minimum Gasteiger partial charge on any atom is -0.493 e. The minimum absolute atomic E-state index is 0.0878. The van der Waals surface area contributed by atoms with Gasteiger partial charge in [-0.2, -0.15) is 5.10 Å². The summed E-state index contributed by atoms with van der Waals surface area (Å²) in [5.41, 5.74) is 0.863. The molecule has 0 saturated heterocycles. The maximum atomic E-state index is 12.8. The van der Waals surface area contributed by atoms with Crippen LogP contribution in [0.3, 0.4) is 0 Å². The van der Waals surface area contributed by atoms with Crippen molar-refractivity contribution in [1.82, 2.24) is 19.7 Å². The molecule has 0 fully saturated rings. The number of aromatic amines is 1. The van der Waals surface area contributed by atoms with Gasteiger partial charge < -0.3 is 14.4 Å². The molecule has 0 aliphatic heterocycles. The molecule has 3 rings (SSSR count). The van der Waals surface area contributed by atoms with E-state index in [1.54, 1.807) is 42.1 Å². The van der Waals surface area contributed by atoms with Gasteiger partial charge in [0, 0.05) is 19.2 Å². The summed E-state index contributed by atoms with van der Waals surface area (Å²) >= 11 is 6.84. The summed E-state index contributed by atoms with van der Waals surface area (Å²) in [5, 5.41) is 8.98. The van der Waals surface area contributed by atoms with E-state index in [2.05, 4.69) is 10.2 Å². The Hall–Kier alpha value is -2.65. The maximum absolute atomic E-state index is 12.8. The van der Waals surface area contributed by atoms with Crippen molar-refractivity contribution < 1.29 is 14.3 Å². The maximum Gasteiger partial charge on any atom is 0.242 e. The van der Waals surface area contributed by atoms with Crippen molar-refractivity contribution in [3.8, 4) is 22.2 Å². The summed E-state index contributed by atoms with van der Waals surface area (Å²) in [7, 11) is 4.92. The van der Waals surface area contributed by atoms with Gasteiger partial charge in [0.15, 0.2) is 22.1 Å². The number of nitrogens with one attached hydrogen (secondary N) is 1. The number of benzene rings is 1. The third-order valence-corrected chi connectivity index (χ3v) is 5.29. The van der Waals surface area contributed by atoms with E-state index < -0.39 is 0 Å². The van der Waals surface area contributed by atoms with E-state index in [0.717, 1.165) is 10.4 Å². The number of aromatic nitrogens is 3. The highest BCUT2D eigenvalue weighted by Gasteiger charge is 2.18. The van der Waals surface area contributed by atoms with E-state index in [1.165, 1.54) is 0 Å². The zero-order valence-corrected chi connectivity index (χ0v) is 16.9. The molecule has 0 unspecified atom stereocenters. The van der Waals surface area contributed by atoms with Gasteiger partial charge in [-0.05, 0) is 29.7 Å². The molecule has 0 atom stereocenters. The van der Waals surface area contributed by atoms with Crippen LogP contribution in [0.2, 0.25) is 0 Å². The average Bonchev–Trinajstić information content (AvgIpc) is 3.31. The number of ether oxygens (including phenoxy) is 2. The lowest BCUT2D eigenvalue weighted by molar-refractivity contribution is -0.131. The summed E-state index contributed by atoms with van der Waals surface area (Å²) in [5.74, 6) is 1.83. The van der Waals surface area contributed by atoms with Gasteiger partial charge >= 0.3 is 0 Å². The van der Waals surface area contributed by atoms with Crippen LogP contribution in [-0.2, 0) is 17.9 Å². The highest BCUT2D eigenvalue weighted by molar-refractivity contribution is 7.71. The molecular formula is C18H20N4O3S2. The molecule has 2 heterocycles. The molecule has 0 saturated carbocycles. The van der Waals surface area contributed by atoms with Crippen LogP contribution in [0.25, 0.3) is 10.7 Å². The zero-order valence-electron chi connectivity index (χ0n) is 15.3. The van der Waals surface area contributed by atoms with Crippen LogP contribution in [-0.4, -0.2) is 46.8 Å². The van der Waals surface area contributed by atoms with E-state index in [4.69, 9.17) is 21.7 Å². The first kappa shape index (κ1) is 19.1. The quantitative estimate of drug-likeness (QED) is 0.612.